The molecule has 0 spiro atoms. The maximum absolute atomic E-state index is 13.2. The molecule has 1 aromatic heterocycles. The Labute approximate surface area is 159 Å². The monoisotopic (exact) mass is 364 g/mol. The minimum Gasteiger partial charge on any atom is -0.486 e. The Hall–Kier alpha value is -2.56. The van der Waals surface area contributed by atoms with E-state index in [2.05, 4.69) is 12.1 Å². The third-order valence-corrected chi connectivity index (χ3v) is 5.86. The Morgan fingerprint density at radius 3 is 2.78 bits per heavy atom. The van der Waals surface area contributed by atoms with E-state index in [-0.39, 0.29) is 11.9 Å². The van der Waals surface area contributed by atoms with Crippen molar-refractivity contribution in [2.24, 2.45) is 0 Å². The van der Waals surface area contributed by atoms with Gasteiger partial charge >= 0.3 is 0 Å². The number of aryl methyl sites for hydroxylation is 2. The second-order valence-corrected chi connectivity index (χ2v) is 7.57. The van der Waals surface area contributed by atoms with Crippen LogP contribution < -0.4 is 9.47 Å². The second-order valence-electron chi connectivity index (χ2n) is 7.57. The highest BCUT2D eigenvalue weighted by atomic mass is 16.6. The lowest BCUT2D eigenvalue weighted by molar-refractivity contribution is 0.0728. The minimum absolute atomic E-state index is 0.0424. The minimum atomic E-state index is 0.0424. The first-order valence-corrected chi connectivity index (χ1v) is 9.99. The molecule has 5 heteroatoms. The maximum Gasteiger partial charge on any atom is 0.272 e. The summed E-state index contributed by atoms with van der Waals surface area (Å²) in [4.78, 5) is 19.9. The SMILES string of the molecule is O=C(c1ccc2c(n1)CCCC2)N1CCC[C@H]1c1ccc2c(c1)OCCO2. The van der Waals surface area contributed by atoms with Crippen molar-refractivity contribution in [1.29, 1.82) is 0 Å². The summed E-state index contributed by atoms with van der Waals surface area (Å²) < 4.78 is 11.3. The molecular formula is C22H24N2O3. The highest BCUT2D eigenvalue weighted by Gasteiger charge is 2.32. The van der Waals surface area contributed by atoms with E-state index >= 15 is 0 Å². The van der Waals surface area contributed by atoms with Crippen molar-refractivity contribution in [2.75, 3.05) is 19.8 Å². The van der Waals surface area contributed by atoms with Crippen molar-refractivity contribution in [3.8, 4) is 11.5 Å². The van der Waals surface area contributed by atoms with Gasteiger partial charge in [-0.25, -0.2) is 4.98 Å². The van der Waals surface area contributed by atoms with E-state index < -0.39 is 0 Å². The number of amides is 1. The van der Waals surface area contributed by atoms with Gasteiger partial charge in [0.1, 0.15) is 18.9 Å². The van der Waals surface area contributed by atoms with E-state index in [0.29, 0.717) is 18.9 Å². The normalized spacial score (nSPS) is 21.0. The van der Waals surface area contributed by atoms with Crippen molar-refractivity contribution in [3.63, 3.8) is 0 Å². The number of carbonyl (C=O) groups is 1. The summed E-state index contributed by atoms with van der Waals surface area (Å²) in [5, 5.41) is 0. The van der Waals surface area contributed by atoms with Crippen LogP contribution in [0.2, 0.25) is 0 Å². The highest BCUT2D eigenvalue weighted by Crippen LogP contribution is 2.38. The summed E-state index contributed by atoms with van der Waals surface area (Å²) in [5.74, 6) is 1.61. The summed E-state index contributed by atoms with van der Waals surface area (Å²) in [7, 11) is 0. The number of hydrogen-bond acceptors (Lipinski definition) is 4. The van der Waals surface area contributed by atoms with Gasteiger partial charge in [0.15, 0.2) is 11.5 Å². The van der Waals surface area contributed by atoms with Crippen molar-refractivity contribution >= 4 is 5.91 Å². The zero-order valence-corrected chi connectivity index (χ0v) is 15.4. The number of fused-ring (bicyclic) bond motifs is 2. The van der Waals surface area contributed by atoms with Crippen LogP contribution in [0.4, 0.5) is 0 Å². The molecule has 1 saturated heterocycles. The standard InChI is InChI=1S/C22H24N2O3/c25-22(18-9-7-15-4-1-2-5-17(15)23-18)24-11-3-6-19(24)16-8-10-20-21(14-16)27-13-12-26-20/h7-10,14,19H,1-6,11-13H2/t19-/m0/s1. The van der Waals surface area contributed by atoms with Gasteiger partial charge in [-0.1, -0.05) is 12.1 Å². The van der Waals surface area contributed by atoms with Gasteiger partial charge in [-0.05, 0) is 67.9 Å². The lowest BCUT2D eigenvalue weighted by atomic mass is 9.96. The first kappa shape index (κ1) is 16.6. The molecule has 3 aliphatic rings. The summed E-state index contributed by atoms with van der Waals surface area (Å²) in [6, 6.07) is 10.1. The van der Waals surface area contributed by atoms with E-state index in [1.165, 1.54) is 18.4 Å². The molecule has 27 heavy (non-hydrogen) atoms. The first-order chi connectivity index (χ1) is 13.3. The molecule has 1 atom stereocenters. The van der Waals surface area contributed by atoms with Gasteiger partial charge < -0.3 is 14.4 Å². The Balaban J connectivity index is 1.41. The van der Waals surface area contributed by atoms with Crippen LogP contribution in [-0.2, 0) is 12.8 Å². The highest BCUT2D eigenvalue weighted by molar-refractivity contribution is 5.93. The zero-order chi connectivity index (χ0) is 18.2. The lowest BCUT2D eigenvalue weighted by Gasteiger charge is -2.27. The predicted octanol–water partition coefficient (Wildman–Crippen LogP) is 3.71. The topological polar surface area (TPSA) is 51.7 Å². The number of ether oxygens (including phenoxy) is 2. The van der Waals surface area contributed by atoms with Gasteiger partial charge in [0.25, 0.3) is 5.91 Å². The number of aromatic nitrogens is 1. The third-order valence-electron chi connectivity index (χ3n) is 5.86. The van der Waals surface area contributed by atoms with Gasteiger partial charge in [-0.3, -0.25) is 4.79 Å². The molecule has 2 aromatic rings. The number of benzene rings is 1. The number of hydrogen-bond donors (Lipinski definition) is 0. The molecule has 2 aliphatic heterocycles. The summed E-state index contributed by atoms with van der Waals surface area (Å²) in [5.41, 5.74) is 4.12. The zero-order valence-electron chi connectivity index (χ0n) is 15.4. The molecule has 1 fully saturated rings. The molecule has 5 rings (SSSR count). The number of carbonyl (C=O) groups excluding carboxylic acids is 1. The molecule has 0 unspecified atom stereocenters. The lowest BCUT2D eigenvalue weighted by Crippen LogP contribution is -2.31. The van der Waals surface area contributed by atoms with Crippen LogP contribution in [0.3, 0.4) is 0 Å². The molecule has 0 radical (unpaired) electrons. The predicted molar refractivity (Wildman–Crippen MR) is 101 cm³/mol. The first-order valence-electron chi connectivity index (χ1n) is 9.99. The third kappa shape index (κ3) is 3.05. The van der Waals surface area contributed by atoms with E-state index in [1.807, 2.05) is 23.1 Å². The van der Waals surface area contributed by atoms with Crippen LogP contribution in [-0.4, -0.2) is 35.5 Å². The second kappa shape index (κ2) is 6.87. The van der Waals surface area contributed by atoms with E-state index in [1.54, 1.807) is 0 Å². The quantitative estimate of drug-likeness (QED) is 0.815. The van der Waals surface area contributed by atoms with Crippen LogP contribution >= 0.6 is 0 Å². The van der Waals surface area contributed by atoms with Crippen LogP contribution in [0.1, 0.15) is 59.0 Å². The van der Waals surface area contributed by atoms with Crippen LogP contribution in [0, 0.1) is 0 Å². The fourth-order valence-electron chi connectivity index (χ4n) is 4.47. The van der Waals surface area contributed by atoms with Gasteiger partial charge in [0, 0.05) is 12.2 Å². The van der Waals surface area contributed by atoms with E-state index in [4.69, 9.17) is 14.5 Å². The molecule has 1 aliphatic carbocycles. The van der Waals surface area contributed by atoms with Gasteiger partial charge in [0.05, 0.1) is 6.04 Å². The molecule has 0 N–H and O–H groups in total. The summed E-state index contributed by atoms with van der Waals surface area (Å²) in [6.45, 7) is 1.93. The maximum atomic E-state index is 13.2. The molecule has 140 valence electrons. The molecule has 1 aromatic carbocycles. The average molecular weight is 364 g/mol. The largest absolute Gasteiger partial charge is 0.486 e. The Morgan fingerprint density at radius 2 is 1.85 bits per heavy atom. The smallest absolute Gasteiger partial charge is 0.272 e. The van der Waals surface area contributed by atoms with Gasteiger partial charge in [0.2, 0.25) is 0 Å². The Kier molecular flexibility index (Phi) is 4.23. The van der Waals surface area contributed by atoms with Crippen molar-refractivity contribution in [3.05, 3.63) is 52.8 Å². The molecule has 3 heterocycles. The van der Waals surface area contributed by atoms with Crippen molar-refractivity contribution in [1.82, 2.24) is 9.88 Å². The Bertz CT molecular complexity index is 880. The summed E-state index contributed by atoms with van der Waals surface area (Å²) in [6.07, 6.45) is 6.44. The molecule has 0 saturated carbocycles. The number of rotatable bonds is 2. The fraction of sp³-hybridized carbons (Fsp3) is 0.455. The number of pyridine rings is 1. The van der Waals surface area contributed by atoms with E-state index in [0.717, 1.165) is 55.0 Å². The molecule has 5 nitrogen and oxygen atoms in total. The van der Waals surface area contributed by atoms with Crippen molar-refractivity contribution in [2.45, 2.75) is 44.6 Å². The van der Waals surface area contributed by atoms with Crippen molar-refractivity contribution < 1.29 is 14.3 Å². The van der Waals surface area contributed by atoms with E-state index in [9.17, 15) is 4.79 Å². The van der Waals surface area contributed by atoms with Crippen LogP contribution in [0.5, 0.6) is 11.5 Å². The van der Waals surface area contributed by atoms with Crippen LogP contribution in [0.15, 0.2) is 30.3 Å². The van der Waals surface area contributed by atoms with Crippen LogP contribution in [0.25, 0.3) is 0 Å². The number of nitrogens with zero attached hydrogens (tertiary/aromatic N) is 2. The summed E-state index contributed by atoms with van der Waals surface area (Å²) >= 11 is 0. The molecular weight excluding hydrogens is 340 g/mol. The molecule has 0 bridgehead atoms. The number of likely N-dealkylation sites (tertiary alicyclic amines) is 1. The Morgan fingerprint density at radius 1 is 1.00 bits per heavy atom. The molecule has 1 amide bonds. The average Bonchev–Trinajstić information content (AvgIpc) is 3.22. The fourth-order valence-corrected chi connectivity index (χ4v) is 4.47. The van der Waals surface area contributed by atoms with Gasteiger partial charge in [-0.15, -0.1) is 0 Å². The van der Waals surface area contributed by atoms with Gasteiger partial charge in [-0.2, -0.15) is 0 Å².